The van der Waals surface area contributed by atoms with Gasteiger partial charge in [0.1, 0.15) is 5.78 Å². The molecular formula is C27H58NO3P. The van der Waals surface area contributed by atoms with E-state index < -0.39 is 13.4 Å². The minimum atomic E-state index is -4.20. The summed E-state index contributed by atoms with van der Waals surface area (Å²) >= 11 is 0. The van der Waals surface area contributed by atoms with Crippen LogP contribution in [0.3, 0.4) is 0 Å². The van der Waals surface area contributed by atoms with Gasteiger partial charge in [-0.15, -0.1) is 0 Å². The molecule has 0 saturated carbocycles. The highest BCUT2D eigenvalue weighted by Crippen LogP contribution is 2.47. The van der Waals surface area contributed by atoms with Crippen molar-refractivity contribution in [2.45, 2.75) is 150 Å². The Morgan fingerprint density at radius 1 is 0.688 bits per heavy atom. The van der Waals surface area contributed by atoms with Gasteiger partial charge in [0.15, 0.2) is 0 Å². The van der Waals surface area contributed by atoms with Crippen LogP contribution in [-0.4, -0.2) is 33.1 Å². The lowest BCUT2D eigenvalue weighted by molar-refractivity contribution is 0.0613. The predicted molar refractivity (Wildman–Crippen MR) is 141 cm³/mol. The van der Waals surface area contributed by atoms with Crippen LogP contribution in [0.25, 0.3) is 0 Å². The van der Waals surface area contributed by atoms with Crippen molar-refractivity contribution < 1.29 is 14.4 Å². The fraction of sp³-hybridized carbons (Fsp3) is 1.00. The van der Waals surface area contributed by atoms with E-state index in [1.165, 1.54) is 51.4 Å². The summed E-state index contributed by atoms with van der Waals surface area (Å²) in [6.45, 7) is 16.4. The maximum Gasteiger partial charge on any atom is 0.342 e. The van der Waals surface area contributed by atoms with E-state index in [2.05, 4.69) is 46.4 Å². The van der Waals surface area contributed by atoms with Gasteiger partial charge >= 0.3 is 7.60 Å². The molecular weight excluding hydrogens is 417 g/mol. The molecule has 0 fully saturated rings. The van der Waals surface area contributed by atoms with E-state index in [4.69, 9.17) is 0 Å². The molecule has 0 heterocycles. The van der Waals surface area contributed by atoms with Gasteiger partial charge in [0.25, 0.3) is 0 Å². The van der Waals surface area contributed by atoms with E-state index >= 15 is 0 Å². The van der Waals surface area contributed by atoms with Crippen LogP contribution in [0.15, 0.2) is 0 Å². The Bertz CT molecular complexity index is 482. The van der Waals surface area contributed by atoms with Gasteiger partial charge in [0, 0.05) is 12.6 Å². The summed E-state index contributed by atoms with van der Waals surface area (Å²) in [4.78, 5) is 23.1. The molecule has 0 spiro atoms. The third-order valence-electron chi connectivity index (χ3n) is 7.69. The minimum absolute atomic E-state index is 0.265. The normalized spacial score (nSPS) is 17.3. The lowest BCUT2D eigenvalue weighted by Crippen LogP contribution is -2.49. The van der Waals surface area contributed by atoms with Crippen LogP contribution in [0.5, 0.6) is 0 Å². The molecule has 0 bridgehead atoms. The van der Waals surface area contributed by atoms with E-state index in [1.54, 1.807) is 0 Å². The average molecular weight is 476 g/mol. The molecule has 5 heteroatoms. The second-order valence-electron chi connectivity index (χ2n) is 10.1. The molecule has 2 N–H and O–H groups in total. The Hall–Kier alpha value is 0.110. The molecule has 4 nitrogen and oxygen atoms in total. The number of rotatable bonds is 21. The molecule has 32 heavy (non-hydrogen) atoms. The smallest absolute Gasteiger partial charge is 0.323 e. The monoisotopic (exact) mass is 475 g/mol. The molecule has 0 rings (SSSR count). The van der Waals surface area contributed by atoms with Gasteiger partial charge in [-0.25, -0.2) is 0 Å². The van der Waals surface area contributed by atoms with Gasteiger partial charge in [0.2, 0.25) is 0 Å². The molecule has 0 aromatic heterocycles. The van der Waals surface area contributed by atoms with E-state index in [0.29, 0.717) is 24.2 Å². The number of hydrogen-bond donors (Lipinski definition) is 2. The minimum Gasteiger partial charge on any atom is -0.323 e. The predicted octanol–water partition coefficient (Wildman–Crippen LogP) is 8.61. The third-order valence-corrected chi connectivity index (χ3v) is 9.13. The van der Waals surface area contributed by atoms with Crippen molar-refractivity contribution in [3.63, 3.8) is 0 Å². The molecule has 0 radical (unpaired) electrons. The first-order valence-corrected chi connectivity index (χ1v) is 15.7. The van der Waals surface area contributed by atoms with Crippen LogP contribution < -0.4 is 0 Å². The summed E-state index contributed by atoms with van der Waals surface area (Å²) in [5.74, 6) is 1.01. The SMILES string of the molecule is CCCCC(CC)CC(C(CC)CCCC)N(CC(CC)CCCC)C(CC)P(=O)(O)O. The van der Waals surface area contributed by atoms with Crippen molar-refractivity contribution in [1.82, 2.24) is 4.90 Å². The molecule has 0 saturated heterocycles. The van der Waals surface area contributed by atoms with E-state index in [-0.39, 0.29) is 6.04 Å². The first-order valence-electron chi connectivity index (χ1n) is 14.0. The van der Waals surface area contributed by atoms with Crippen LogP contribution in [0.4, 0.5) is 0 Å². The van der Waals surface area contributed by atoms with Crippen molar-refractivity contribution in [2.24, 2.45) is 17.8 Å². The number of nitrogens with zero attached hydrogens (tertiary/aromatic N) is 1. The standard InChI is InChI=1S/C27H58NO3P/c1-8-15-18-23(11-4)21-26(25(13-6)20-17-10-3)28(27(14-7)32(29,30)31)22-24(12-5)19-16-9-2/h23-27H,8-22H2,1-7H3,(H2,29,30,31). The lowest BCUT2D eigenvalue weighted by Gasteiger charge is -2.44. The van der Waals surface area contributed by atoms with Crippen molar-refractivity contribution in [2.75, 3.05) is 6.54 Å². The van der Waals surface area contributed by atoms with Gasteiger partial charge in [0.05, 0.1) is 0 Å². The van der Waals surface area contributed by atoms with Crippen LogP contribution in [0.1, 0.15) is 138 Å². The quantitative estimate of drug-likeness (QED) is 0.163. The van der Waals surface area contributed by atoms with Crippen molar-refractivity contribution in [3.8, 4) is 0 Å². The first kappa shape index (κ1) is 32.1. The highest BCUT2D eigenvalue weighted by Gasteiger charge is 2.40. The molecule has 194 valence electrons. The molecule has 0 aliphatic rings. The van der Waals surface area contributed by atoms with Gasteiger partial charge in [-0.3, -0.25) is 9.46 Å². The van der Waals surface area contributed by atoms with E-state index in [9.17, 15) is 14.4 Å². The first-order chi connectivity index (χ1) is 15.2. The second kappa shape index (κ2) is 18.4. The summed E-state index contributed by atoms with van der Waals surface area (Å²) in [7, 11) is -4.20. The van der Waals surface area contributed by atoms with Crippen LogP contribution in [-0.2, 0) is 4.57 Å². The third kappa shape index (κ3) is 12.0. The maximum absolute atomic E-state index is 12.7. The Balaban J connectivity index is 6.19. The lowest BCUT2D eigenvalue weighted by atomic mass is 9.81. The average Bonchev–Trinajstić information content (AvgIpc) is 2.76. The highest BCUT2D eigenvalue weighted by molar-refractivity contribution is 7.52. The van der Waals surface area contributed by atoms with Crippen molar-refractivity contribution in [1.29, 1.82) is 0 Å². The summed E-state index contributed by atoms with van der Waals surface area (Å²) in [5.41, 5.74) is 0. The zero-order valence-electron chi connectivity index (χ0n) is 22.7. The van der Waals surface area contributed by atoms with Crippen LogP contribution in [0.2, 0.25) is 0 Å². The van der Waals surface area contributed by atoms with Crippen molar-refractivity contribution in [3.05, 3.63) is 0 Å². The molecule has 0 aliphatic carbocycles. The molecule has 5 unspecified atom stereocenters. The van der Waals surface area contributed by atoms with Gasteiger partial charge < -0.3 is 9.79 Å². The van der Waals surface area contributed by atoms with Crippen molar-refractivity contribution >= 4 is 7.60 Å². The Morgan fingerprint density at radius 2 is 1.19 bits per heavy atom. The zero-order chi connectivity index (χ0) is 24.6. The summed E-state index contributed by atoms with van der Waals surface area (Å²) < 4.78 is 12.7. The Morgan fingerprint density at radius 3 is 1.59 bits per heavy atom. The van der Waals surface area contributed by atoms with E-state index in [1.807, 2.05) is 6.92 Å². The Labute approximate surface area is 201 Å². The van der Waals surface area contributed by atoms with Gasteiger partial charge in [-0.1, -0.05) is 113 Å². The molecule has 5 atom stereocenters. The Kier molecular flexibility index (Phi) is 18.5. The van der Waals surface area contributed by atoms with Gasteiger partial charge in [-0.2, -0.15) is 0 Å². The summed E-state index contributed by atoms with van der Waals surface area (Å²) in [6.07, 6.45) is 15.7. The summed E-state index contributed by atoms with van der Waals surface area (Å²) in [6, 6.07) is 0.265. The second-order valence-corrected chi connectivity index (χ2v) is 11.9. The molecule has 0 aliphatic heterocycles. The van der Waals surface area contributed by atoms with Crippen LogP contribution >= 0.6 is 7.60 Å². The zero-order valence-corrected chi connectivity index (χ0v) is 23.6. The fourth-order valence-electron chi connectivity index (χ4n) is 5.42. The molecule has 0 amide bonds. The van der Waals surface area contributed by atoms with E-state index in [0.717, 1.165) is 38.6 Å². The molecule has 0 aromatic rings. The number of unbranched alkanes of at least 4 members (excludes halogenated alkanes) is 3. The number of hydrogen-bond acceptors (Lipinski definition) is 2. The topological polar surface area (TPSA) is 60.8 Å². The largest absolute Gasteiger partial charge is 0.342 e. The van der Waals surface area contributed by atoms with Gasteiger partial charge in [-0.05, 0) is 43.4 Å². The summed E-state index contributed by atoms with van der Waals surface area (Å²) in [5, 5.41) is 0. The maximum atomic E-state index is 12.7. The highest BCUT2D eigenvalue weighted by atomic mass is 31.2. The fourth-order valence-corrected chi connectivity index (χ4v) is 6.54. The molecule has 0 aromatic carbocycles. The van der Waals surface area contributed by atoms with Crippen LogP contribution in [0, 0.1) is 17.8 Å².